The van der Waals surface area contributed by atoms with E-state index in [0.29, 0.717) is 12.8 Å². The van der Waals surface area contributed by atoms with Crippen LogP contribution in [-0.4, -0.2) is 48.2 Å². The zero-order valence-electron chi connectivity index (χ0n) is 11.1. The Bertz CT molecular complexity index is 260. The number of aliphatic hydroxyl groups is 1. The van der Waals surface area contributed by atoms with Gasteiger partial charge in [0.25, 0.3) is 0 Å². The monoisotopic (exact) mass is 262 g/mol. The van der Waals surface area contributed by atoms with E-state index >= 15 is 0 Å². The lowest BCUT2D eigenvalue weighted by molar-refractivity contribution is 0.0553. The third-order valence-corrected chi connectivity index (χ3v) is 2.17. The first-order chi connectivity index (χ1) is 8.56. The lowest BCUT2D eigenvalue weighted by atomic mass is 10.2. The molecule has 0 heterocycles. The zero-order chi connectivity index (χ0) is 14.0. The van der Waals surface area contributed by atoms with Gasteiger partial charge < -0.3 is 14.6 Å². The molecule has 0 aromatic carbocycles. The summed E-state index contributed by atoms with van der Waals surface area (Å²) >= 11 is 0. The number of rotatable bonds is 6. The molecule has 1 atom stereocenters. The second-order valence-electron chi connectivity index (χ2n) is 3.62. The number of hydrazine groups is 1. The van der Waals surface area contributed by atoms with E-state index in [9.17, 15) is 9.59 Å². The standard InChI is InChI=1S/C11H22N2O5/c1-4-17-10(15)12-13(11(16)18-5-2)9(3)7-6-8-14/h9,14H,4-8H2,1-3H3,(H,12,15)/t9-/m1/s1. The molecule has 0 bridgehead atoms. The van der Waals surface area contributed by atoms with E-state index in [-0.39, 0.29) is 25.9 Å². The minimum absolute atomic E-state index is 0.0282. The molecule has 2 amide bonds. The average Bonchev–Trinajstić information content (AvgIpc) is 2.33. The fraction of sp³-hybridized carbons (Fsp3) is 0.818. The molecule has 0 unspecified atom stereocenters. The number of carbonyl (C=O) groups is 2. The van der Waals surface area contributed by atoms with Crippen molar-refractivity contribution in [2.24, 2.45) is 0 Å². The molecule has 18 heavy (non-hydrogen) atoms. The highest BCUT2D eigenvalue weighted by Gasteiger charge is 2.23. The Morgan fingerprint density at radius 1 is 1.28 bits per heavy atom. The maximum atomic E-state index is 11.7. The van der Waals surface area contributed by atoms with E-state index in [4.69, 9.17) is 14.6 Å². The summed E-state index contributed by atoms with van der Waals surface area (Å²) in [7, 11) is 0. The fourth-order valence-electron chi connectivity index (χ4n) is 1.31. The van der Waals surface area contributed by atoms with E-state index in [1.165, 1.54) is 0 Å². The van der Waals surface area contributed by atoms with Crippen LogP contribution >= 0.6 is 0 Å². The van der Waals surface area contributed by atoms with Crippen LogP contribution < -0.4 is 5.43 Å². The van der Waals surface area contributed by atoms with Crippen molar-refractivity contribution in [3.8, 4) is 0 Å². The van der Waals surface area contributed by atoms with Crippen LogP contribution in [0.2, 0.25) is 0 Å². The molecule has 0 radical (unpaired) electrons. The molecule has 0 aromatic rings. The molecule has 106 valence electrons. The smallest absolute Gasteiger partial charge is 0.429 e. The summed E-state index contributed by atoms with van der Waals surface area (Å²) in [5.74, 6) is 0. The SMILES string of the molecule is CCOC(=O)NN(C(=O)OCC)[C@H](C)CCCO. The minimum Gasteiger partial charge on any atom is -0.449 e. The molecule has 0 saturated heterocycles. The van der Waals surface area contributed by atoms with Crippen molar-refractivity contribution in [2.45, 2.75) is 39.7 Å². The average molecular weight is 262 g/mol. The molecule has 0 fully saturated rings. The third kappa shape index (κ3) is 6.29. The summed E-state index contributed by atoms with van der Waals surface area (Å²) in [5.41, 5.74) is 2.33. The van der Waals surface area contributed by atoms with Gasteiger partial charge >= 0.3 is 12.2 Å². The van der Waals surface area contributed by atoms with Crippen LogP contribution in [0, 0.1) is 0 Å². The number of amides is 2. The van der Waals surface area contributed by atoms with Gasteiger partial charge in [0.2, 0.25) is 0 Å². The van der Waals surface area contributed by atoms with Crippen LogP contribution in [0.3, 0.4) is 0 Å². The molecule has 7 nitrogen and oxygen atoms in total. The Balaban J connectivity index is 4.49. The number of hydrogen-bond donors (Lipinski definition) is 2. The van der Waals surface area contributed by atoms with Gasteiger partial charge in [0.1, 0.15) is 0 Å². The molecule has 0 aromatic heterocycles. The zero-order valence-corrected chi connectivity index (χ0v) is 11.1. The Morgan fingerprint density at radius 3 is 2.39 bits per heavy atom. The number of aliphatic hydroxyl groups excluding tert-OH is 1. The van der Waals surface area contributed by atoms with E-state index in [0.717, 1.165) is 5.01 Å². The molecule has 0 saturated carbocycles. The highest BCUT2D eigenvalue weighted by atomic mass is 16.6. The second kappa shape index (κ2) is 9.52. The first-order valence-corrected chi connectivity index (χ1v) is 6.07. The predicted octanol–water partition coefficient (Wildman–Crippen LogP) is 1.27. The molecule has 7 heteroatoms. The predicted molar refractivity (Wildman–Crippen MR) is 64.8 cm³/mol. The minimum atomic E-state index is -0.707. The fourth-order valence-corrected chi connectivity index (χ4v) is 1.31. The lowest BCUT2D eigenvalue weighted by Gasteiger charge is -2.27. The second-order valence-corrected chi connectivity index (χ2v) is 3.62. The summed E-state index contributed by atoms with van der Waals surface area (Å²) in [6, 6.07) is -0.291. The lowest BCUT2D eigenvalue weighted by Crippen LogP contribution is -2.51. The van der Waals surface area contributed by atoms with E-state index in [1.807, 2.05) is 0 Å². The Kier molecular flexibility index (Phi) is 8.73. The van der Waals surface area contributed by atoms with Gasteiger partial charge in [-0.2, -0.15) is 0 Å². The largest absolute Gasteiger partial charge is 0.449 e. The topological polar surface area (TPSA) is 88.1 Å². The first kappa shape index (κ1) is 16.5. The molecule has 2 N–H and O–H groups in total. The molecule has 0 spiro atoms. The van der Waals surface area contributed by atoms with Crippen LogP contribution in [0.25, 0.3) is 0 Å². The van der Waals surface area contributed by atoms with Crippen molar-refractivity contribution in [2.75, 3.05) is 19.8 Å². The van der Waals surface area contributed by atoms with Gasteiger partial charge in [0.15, 0.2) is 0 Å². The summed E-state index contributed by atoms with van der Waals surface area (Å²) in [6.07, 6.45) is -0.277. The summed E-state index contributed by atoms with van der Waals surface area (Å²) < 4.78 is 9.54. The van der Waals surface area contributed by atoms with Crippen molar-refractivity contribution in [1.82, 2.24) is 10.4 Å². The quantitative estimate of drug-likeness (QED) is 0.704. The van der Waals surface area contributed by atoms with Crippen molar-refractivity contribution >= 4 is 12.2 Å². The van der Waals surface area contributed by atoms with Gasteiger partial charge in [-0.25, -0.2) is 20.0 Å². The van der Waals surface area contributed by atoms with Crippen LogP contribution in [0.5, 0.6) is 0 Å². The number of carbonyl (C=O) groups excluding carboxylic acids is 2. The summed E-state index contributed by atoms with van der Waals surface area (Å²) in [4.78, 5) is 23.0. The molecule has 0 aliphatic carbocycles. The molecule has 0 aliphatic heterocycles. The maximum absolute atomic E-state index is 11.7. The van der Waals surface area contributed by atoms with Crippen molar-refractivity contribution < 1.29 is 24.2 Å². The number of nitrogens with one attached hydrogen (secondary N) is 1. The van der Waals surface area contributed by atoms with Gasteiger partial charge in [-0.15, -0.1) is 0 Å². The van der Waals surface area contributed by atoms with Crippen molar-refractivity contribution in [3.63, 3.8) is 0 Å². The number of ether oxygens (including phenoxy) is 2. The first-order valence-electron chi connectivity index (χ1n) is 6.07. The van der Waals surface area contributed by atoms with Gasteiger partial charge in [-0.3, -0.25) is 0 Å². The van der Waals surface area contributed by atoms with Crippen LogP contribution in [0.15, 0.2) is 0 Å². The molecular weight excluding hydrogens is 240 g/mol. The Morgan fingerprint density at radius 2 is 1.89 bits per heavy atom. The van der Waals surface area contributed by atoms with E-state index in [2.05, 4.69) is 5.43 Å². The maximum Gasteiger partial charge on any atom is 0.429 e. The Hall–Kier alpha value is -1.50. The van der Waals surface area contributed by atoms with Crippen LogP contribution in [0.1, 0.15) is 33.6 Å². The normalized spacial score (nSPS) is 11.6. The number of hydrogen-bond acceptors (Lipinski definition) is 5. The van der Waals surface area contributed by atoms with E-state index < -0.39 is 12.2 Å². The van der Waals surface area contributed by atoms with Crippen LogP contribution in [-0.2, 0) is 9.47 Å². The highest BCUT2D eigenvalue weighted by Crippen LogP contribution is 2.06. The van der Waals surface area contributed by atoms with Gasteiger partial charge in [-0.05, 0) is 33.6 Å². The van der Waals surface area contributed by atoms with Gasteiger partial charge in [0, 0.05) is 6.61 Å². The van der Waals surface area contributed by atoms with Crippen LogP contribution in [0.4, 0.5) is 9.59 Å². The molecule has 0 aliphatic rings. The van der Waals surface area contributed by atoms with Crippen molar-refractivity contribution in [1.29, 1.82) is 0 Å². The molecular formula is C11H22N2O5. The third-order valence-electron chi connectivity index (χ3n) is 2.17. The highest BCUT2D eigenvalue weighted by molar-refractivity contribution is 5.74. The Labute approximate surface area is 107 Å². The van der Waals surface area contributed by atoms with Gasteiger partial charge in [0.05, 0.1) is 19.3 Å². The molecule has 0 rings (SSSR count). The summed E-state index contributed by atoms with van der Waals surface area (Å²) in [5, 5.41) is 9.84. The number of nitrogens with zero attached hydrogens (tertiary/aromatic N) is 1. The van der Waals surface area contributed by atoms with E-state index in [1.54, 1.807) is 20.8 Å². The van der Waals surface area contributed by atoms with Crippen molar-refractivity contribution in [3.05, 3.63) is 0 Å². The summed E-state index contributed by atoms with van der Waals surface area (Å²) in [6.45, 7) is 5.56. The van der Waals surface area contributed by atoms with Gasteiger partial charge in [-0.1, -0.05) is 0 Å².